The van der Waals surface area contributed by atoms with Crippen LogP contribution in [0, 0.1) is 0 Å². The Hall–Kier alpha value is -1.37. The van der Waals surface area contributed by atoms with Crippen molar-refractivity contribution in [1.29, 1.82) is 0 Å². The molecule has 3 rings (SSSR count). The van der Waals surface area contributed by atoms with E-state index in [1.165, 1.54) is 0 Å². The first-order chi connectivity index (χ1) is 10.0. The van der Waals surface area contributed by atoms with Crippen molar-refractivity contribution in [3.05, 3.63) is 50.4 Å². The van der Waals surface area contributed by atoms with Crippen LogP contribution >= 0.6 is 43.5 Å². The average molecular weight is 430 g/mol. The number of aromatic nitrogens is 2. The lowest BCUT2D eigenvalue weighted by molar-refractivity contribution is 0.431. The monoisotopic (exact) mass is 428 g/mol. The molecule has 0 fully saturated rings. The topological polar surface area (TPSA) is 59.2 Å². The second-order valence-corrected chi connectivity index (χ2v) is 6.33. The molecule has 1 N–H and O–H groups in total. The van der Waals surface area contributed by atoms with Gasteiger partial charge in [0.1, 0.15) is 5.75 Å². The van der Waals surface area contributed by atoms with Crippen molar-refractivity contribution in [1.82, 2.24) is 10.1 Å². The third-order valence-corrected chi connectivity index (χ3v) is 4.68. The molecule has 0 aliphatic rings. The van der Waals surface area contributed by atoms with Gasteiger partial charge in [-0.2, -0.15) is 4.98 Å². The van der Waals surface area contributed by atoms with Crippen molar-refractivity contribution in [3.63, 3.8) is 0 Å². The lowest BCUT2D eigenvalue weighted by Crippen LogP contribution is -1.82. The van der Waals surface area contributed by atoms with E-state index in [1.54, 1.807) is 30.3 Å². The highest BCUT2D eigenvalue weighted by atomic mass is 79.9. The molecule has 0 atom stereocenters. The standard InChI is InChI=1S/C14H7Br2ClN2O2/c15-9-3-1-8(6-12(9)20)14-18-13(19-21-14)7-2-4-11(17)10(16)5-7/h1-6,20H. The summed E-state index contributed by atoms with van der Waals surface area (Å²) < 4.78 is 6.60. The van der Waals surface area contributed by atoms with Gasteiger partial charge in [-0.25, -0.2) is 0 Å². The molecule has 0 unspecified atom stereocenters. The van der Waals surface area contributed by atoms with Gasteiger partial charge >= 0.3 is 0 Å². The Bertz CT molecular complexity index is 754. The summed E-state index contributed by atoms with van der Waals surface area (Å²) in [6.45, 7) is 0. The van der Waals surface area contributed by atoms with Crippen molar-refractivity contribution in [2.24, 2.45) is 0 Å². The molecule has 0 amide bonds. The van der Waals surface area contributed by atoms with E-state index in [1.807, 2.05) is 6.07 Å². The van der Waals surface area contributed by atoms with Gasteiger partial charge in [0.25, 0.3) is 5.89 Å². The number of nitrogens with zero attached hydrogens (tertiary/aromatic N) is 2. The second-order valence-electron chi connectivity index (χ2n) is 4.22. The van der Waals surface area contributed by atoms with Gasteiger partial charge in [0.05, 0.1) is 9.50 Å². The van der Waals surface area contributed by atoms with Crippen LogP contribution in [-0.4, -0.2) is 15.2 Å². The molecule has 106 valence electrons. The predicted molar refractivity (Wildman–Crippen MR) is 87.2 cm³/mol. The molecule has 0 aliphatic carbocycles. The van der Waals surface area contributed by atoms with Gasteiger partial charge < -0.3 is 9.63 Å². The maximum atomic E-state index is 9.69. The minimum atomic E-state index is 0.112. The SMILES string of the molecule is Oc1cc(-c2nc(-c3ccc(Cl)c(Br)c3)no2)ccc1Br. The lowest BCUT2D eigenvalue weighted by atomic mass is 10.2. The van der Waals surface area contributed by atoms with Gasteiger partial charge in [0, 0.05) is 15.6 Å². The summed E-state index contributed by atoms with van der Waals surface area (Å²) in [5.74, 6) is 0.894. The molecule has 0 aliphatic heterocycles. The summed E-state index contributed by atoms with van der Waals surface area (Å²) in [5, 5.41) is 14.2. The van der Waals surface area contributed by atoms with Crippen molar-refractivity contribution in [3.8, 4) is 28.6 Å². The zero-order valence-electron chi connectivity index (χ0n) is 10.3. The van der Waals surface area contributed by atoms with E-state index in [2.05, 4.69) is 42.0 Å². The van der Waals surface area contributed by atoms with E-state index < -0.39 is 0 Å². The number of hydrogen-bond donors (Lipinski definition) is 1. The summed E-state index contributed by atoms with van der Waals surface area (Å²) >= 11 is 12.5. The van der Waals surface area contributed by atoms with E-state index in [-0.39, 0.29) is 5.75 Å². The summed E-state index contributed by atoms with van der Waals surface area (Å²) in [6.07, 6.45) is 0. The molecule has 0 saturated heterocycles. The summed E-state index contributed by atoms with van der Waals surface area (Å²) in [7, 11) is 0. The first kappa shape index (κ1) is 14.6. The highest BCUT2D eigenvalue weighted by Gasteiger charge is 2.13. The maximum Gasteiger partial charge on any atom is 0.258 e. The number of phenolic OH excluding ortho intramolecular Hbond substituents is 1. The van der Waals surface area contributed by atoms with Crippen molar-refractivity contribution >= 4 is 43.5 Å². The summed E-state index contributed by atoms with van der Waals surface area (Å²) in [6, 6.07) is 10.4. The molecule has 4 nitrogen and oxygen atoms in total. The molecule has 7 heteroatoms. The van der Waals surface area contributed by atoms with Crippen LogP contribution in [0.2, 0.25) is 5.02 Å². The van der Waals surface area contributed by atoms with Crippen molar-refractivity contribution in [2.45, 2.75) is 0 Å². The molecular formula is C14H7Br2ClN2O2. The second kappa shape index (κ2) is 5.79. The molecule has 0 spiro atoms. The Kier molecular flexibility index (Phi) is 4.01. The van der Waals surface area contributed by atoms with E-state index in [4.69, 9.17) is 16.1 Å². The highest BCUT2D eigenvalue weighted by molar-refractivity contribution is 9.10. The smallest absolute Gasteiger partial charge is 0.258 e. The van der Waals surface area contributed by atoms with E-state index in [0.29, 0.717) is 26.8 Å². The fourth-order valence-corrected chi connectivity index (χ4v) is 2.48. The maximum absolute atomic E-state index is 9.69. The van der Waals surface area contributed by atoms with Gasteiger partial charge in [-0.05, 0) is 68.3 Å². The molecule has 21 heavy (non-hydrogen) atoms. The van der Waals surface area contributed by atoms with Gasteiger partial charge in [-0.15, -0.1) is 0 Å². The molecule has 1 aromatic heterocycles. The Morgan fingerprint density at radius 1 is 1.00 bits per heavy atom. The molecular weight excluding hydrogens is 423 g/mol. The third kappa shape index (κ3) is 2.97. The first-order valence-corrected chi connectivity index (χ1v) is 7.79. The van der Waals surface area contributed by atoms with Gasteiger partial charge in [0.15, 0.2) is 0 Å². The summed E-state index contributed by atoms with van der Waals surface area (Å²) in [4.78, 5) is 4.32. The zero-order valence-corrected chi connectivity index (χ0v) is 14.3. The van der Waals surface area contributed by atoms with Crippen LogP contribution in [0.15, 0.2) is 49.9 Å². The van der Waals surface area contributed by atoms with Gasteiger partial charge in [0.2, 0.25) is 5.82 Å². The largest absolute Gasteiger partial charge is 0.507 e. The number of rotatable bonds is 2. The highest BCUT2D eigenvalue weighted by Crippen LogP contribution is 2.31. The molecule has 0 saturated carbocycles. The number of benzene rings is 2. The number of hydrogen-bond acceptors (Lipinski definition) is 4. The predicted octanol–water partition coefficient (Wildman–Crippen LogP) is 5.29. The van der Waals surface area contributed by atoms with Crippen LogP contribution in [0.5, 0.6) is 5.75 Å². The molecule has 2 aromatic carbocycles. The number of halogens is 3. The van der Waals surface area contributed by atoms with Crippen LogP contribution in [0.25, 0.3) is 22.8 Å². The Morgan fingerprint density at radius 2 is 1.76 bits per heavy atom. The first-order valence-electron chi connectivity index (χ1n) is 5.82. The number of aromatic hydroxyl groups is 1. The van der Waals surface area contributed by atoms with Crippen molar-refractivity contribution < 1.29 is 9.63 Å². The van der Waals surface area contributed by atoms with Crippen LogP contribution in [0.3, 0.4) is 0 Å². The fraction of sp³-hybridized carbons (Fsp3) is 0. The minimum Gasteiger partial charge on any atom is -0.507 e. The van der Waals surface area contributed by atoms with Crippen LogP contribution in [-0.2, 0) is 0 Å². The number of phenols is 1. The molecule has 3 aromatic rings. The Morgan fingerprint density at radius 3 is 2.48 bits per heavy atom. The average Bonchev–Trinajstić information content (AvgIpc) is 2.94. The normalized spacial score (nSPS) is 10.8. The molecule has 0 radical (unpaired) electrons. The lowest BCUT2D eigenvalue weighted by Gasteiger charge is -1.99. The van der Waals surface area contributed by atoms with Crippen molar-refractivity contribution in [2.75, 3.05) is 0 Å². The van der Waals surface area contributed by atoms with Crippen LogP contribution < -0.4 is 0 Å². The third-order valence-electron chi connectivity index (χ3n) is 2.80. The quantitative estimate of drug-likeness (QED) is 0.600. The van der Waals surface area contributed by atoms with E-state index in [0.717, 1.165) is 10.0 Å². The molecule has 1 heterocycles. The Labute approximate surface area is 142 Å². The van der Waals surface area contributed by atoms with Crippen LogP contribution in [0.4, 0.5) is 0 Å². The fourth-order valence-electron chi connectivity index (χ4n) is 1.74. The Balaban J connectivity index is 1.99. The van der Waals surface area contributed by atoms with E-state index >= 15 is 0 Å². The van der Waals surface area contributed by atoms with Gasteiger partial charge in [-0.1, -0.05) is 16.8 Å². The zero-order chi connectivity index (χ0) is 15.0. The van der Waals surface area contributed by atoms with Gasteiger partial charge in [-0.3, -0.25) is 0 Å². The minimum absolute atomic E-state index is 0.112. The summed E-state index contributed by atoms with van der Waals surface area (Å²) in [5.41, 5.74) is 1.42. The molecule has 0 bridgehead atoms. The van der Waals surface area contributed by atoms with Crippen LogP contribution in [0.1, 0.15) is 0 Å². The van der Waals surface area contributed by atoms with E-state index in [9.17, 15) is 5.11 Å².